The van der Waals surface area contributed by atoms with Crippen LogP contribution in [-0.4, -0.2) is 24.3 Å². The second-order valence-corrected chi connectivity index (χ2v) is 8.93. The maximum Gasteiger partial charge on any atom is 0.238 e. The number of sulfonamides is 1. The maximum atomic E-state index is 12.1. The molecule has 0 aliphatic carbocycles. The second-order valence-electron chi connectivity index (χ2n) is 7.40. The SMILES string of the molecule is CC(C)(O)CCCc1onc(-c2ccccc2)c1-c1ccccc1S(N)(=O)=O. The van der Waals surface area contributed by atoms with Gasteiger partial charge in [0.05, 0.1) is 16.1 Å². The van der Waals surface area contributed by atoms with E-state index in [1.165, 1.54) is 6.07 Å². The number of benzene rings is 2. The molecule has 0 saturated heterocycles. The first-order chi connectivity index (χ1) is 13.2. The first kappa shape index (κ1) is 20.3. The molecule has 3 aromatic rings. The first-order valence-electron chi connectivity index (χ1n) is 9.05. The fraction of sp³-hybridized carbons (Fsp3) is 0.286. The highest BCUT2D eigenvalue weighted by atomic mass is 32.2. The summed E-state index contributed by atoms with van der Waals surface area (Å²) in [5.41, 5.74) is 1.67. The number of nitrogens with two attached hydrogens (primary N) is 1. The normalized spacial score (nSPS) is 12.3. The number of hydrogen-bond donors (Lipinski definition) is 2. The van der Waals surface area contributed by atoms with Gasteiger partial charge in [0.1, 0.15) is 11.5 Å². The first-order valence-corrected chi connectivity index (χ1v) is 10.6. The largest absolute Gasteiger partial charge is 0.390 e. The number of nitrogens with zero attached hydrogens (tertiary/aromatic N) is 1. The topological polar surface area (TPSA) is 106 Å². The quantitative estimate of drug-likeness (QED) is 0.628. The lowest BCUT2D eigenvalue weighted by Gasteiger charge is -2.16. The molecule has 1 aromatic heterocycles. The van der Waals surface area contributed by atoms with E-state index in [-0.39, 0.29) is 4.90 Å². The van der Waals surface area contributed by atoms with Crippen LogP contribution in [0, 0.1) is 0 Å². The van der Waals surface area contributed by atoms with Gasteiger partial charge in [-0.3, -0.25) is 0 Å². The standard InChI is InChI=1S/C21H24N2O4S/c1-21(2,24)14-8-12-17-19(16-11-6-7-13-18(16)28(22,25)26)20(23-27-17)15-9-4-3-5-10-15/h3-7,9-11,13,24H,8,12,14H2,1-2H3,(H2,22,25,26). The minimum Gasteiger partial charge on any atom is -0.390 e. The van der Waals surface area contributed by atoms with Crippen molar-refractivity contribution in [2.45, 2.75) is 43.6 Å². The van der Waals surface area contributed by atoms with Gasteiger partial charge >= 0.3 is 0 Å². The smallest absolute Gasteiger partial charge is 0.238 e. The van der Waals surface area contributed by atoms with Crippen molar-refractivity contribution in [2.24, 2.45) is 5.14 Å². The summed E-state index contributed by atoms with van der Waals surface area (Å²) in [7, 11) is -3.93. The lowest BCUT2D eigenvalue weighted by molar-refractivity contribution is 0.0684. The third-order valence-electron chi connectivity index (χ3n) is 4.47. The van der Waals surface area contributed by atoms with Crippen LogP contribution in [0.3, 0.4) is 0 Å². The Hall–Kier alpha value is -2.48. The summed E-state index contributed by atoms with van der Waals surface area (Å²) in [4.78, 5) is 0.0270. The lowest BCUT2D eigenvalue weighted by Crippen LogP contribution is -2.18. The van der Waals surface area contributed by atoms with Gasteiger partial charge in [-0.2, -0.15) is 0 Å². The van der Waals surface area contributed by atoms with Crippen LogP contribution in [0.25, 0.3) is 22.4 Å². The third-order valence-corrected chi connectivity index (χ3v) is 5.43. The number of rotatable bonds is 7. The molecule has 0 unspecified atom stereocenters. The molecule has 1 heterocycles. The van der Waals surface area contributed by atoms with Crippen molar-refractivity contribution in [3.05, 3.63) is 60.4 Å². The molecule has 0 aliphatic rings. The van der Waals surface area contributed by atoms with Crippen LogP contribution in [-0.2, 0) is 16.4 Å². The fourth-order valence-corrected chi connectivity index (χ4v) is 3.91. The predicted molar refractivity (Wildman–Crippen MR) is 108 cm³/mol. The third kappa shape index (κ3) is 4.67. The molecular formula is C21H24N2O4S. The van der Waals surface area contributed by atoms with E-state index < -0.39 is 15.6 Å². The van der Waals surface area contributed by atoms with Crippen LogP contribution in [0.5, 0.6) is 0 Å². The molecule has 148 valence electrons. The van der Waals surface area contributed by atoms with Crippen molar-refractivity contribution in [3.63, 3.8) is 0 Å². The van der Waals surface area contributed by atoms with Crippen molar-refractivity contribution >= 4 is 10.0 Å². The Labute approximate surface area is 165 Å². The van der Waals surface area contributed by atoms with Gasteiger partial charge < -0.3 is 9.63 Å². The molecule has 0 bridgehead atoms. The Kier molecular flexibility index (Phi) is 5.69. The Bertz CT molecular complexity index is 1050. The van der Waals surface area contributed by atoms with Gasteiger partial charge in [0, 0.05) is 17.5 Å². The van der Waals surface area contributed by atoms with Crippen molar-refractivity contribution in [2.75, 3.05) is 0 Å². The van der Waals surface area contributed by atoms with Crippen LogP contribution in [0.15, 0.2) is 64.0 Å². The highest BCUT2D eigenvalue weighted by Crippen LogP contribution is 2.38. The van der Waals surface area contributed by atoms with E-state index in [9.17, 15) is 13.5 Å². The number of aromatic nitrogens is 1. The maximum absolute atomic E-state index is 12.1. The zero-order valence-electron chi connectivity index (χ0n) is 15.9. The van der Waals surface area contributed by atoms with Crippen molar-refractivity contribution in [1.29, 1.82) is 0 Å². The zero-order valence-corrected chi connectivity index (χ0v) is 16.7. The Morgan fingerprint density at radius 1 is 1.07 bits per heavy atom. The average molecular weight is 401 g/mol. The van der Waals surface area contributed by atoms with Crippen LogP contribution < -0.4 is 5.14 Å². The van der Waals surface area contributed by atoms with Gasteiger partial charge in [0.25, 0.3) is 0 Å². The molecule has 0 spiro atoms. The van der Waals surface area contributed by atoms with E-state index in [0.717, 1.165) is 5.56 Å². The molecule has 2 aromatic carbocycles. The van der Waals surface area contributed by atoms with E-state index in [1.807, 2.05) is 30.3 Å². The molecule has 0 amide bonds. The Balaban J connectivity index is 2.14. The number of hydrogen-bond acceptors (Lipinski definition) is 5. The molecule has 0 atom stereocenters. The molecule has 3 N–H and O–H groups in total. The number of primary sulfonamides is 1. The molecule has 0 fully saturated rings. The highest BCUT2D eigenvalue weighted by Gasteiger charge is 2.25. The minimum absolute atomic E-state index is 0.0270. The fourth-order valence-electron chi connectivity index (χ4n) is 3.17. The molecule has 0 aliphatic heterocycles. The van der Waals surface area contributed by atoms with Crippen LogP contribution in [0.4, 0.5) is 0 Å². The average Bonchev–Trinajstić information content (AvgIpc) is 3.04. The van der Waals surface area contributed by atoms with Crippen molar-refractivity contribution in [1.82, 2.24) is 5.16 Å². The van der Waals surface area contributed by atoms with Gasteiger partial charge in [0.2, 0.25) is 10.0 Å². The molecule has 3 rings (SSSR count). The zero-order chi connectivity index (χ0) is 20.4. The summed E-state index contributed by atoms with van der Waals surface area (Å²) in [5, 5.41) is 19.6. The summed E-state index contributed by atoms with van der Waals surface area (Å²) in [6.45, 7) is 3.50. The summed E-state index contributed by atoms with van der Waals surface area (Å²) in [5.74, 6) is 0.569. The van der Waals surface area contributed by atoms with E-state index in [4.69, 9.17) is 9.66 Å². The van der Waals surface area contributed by atoms with E-state index in [0.29, 0.717) is 41.8 Å². The van der Waals surface area contributed by atoms with E-state index in [1.54, 1.807) is 32.0 Å². The molecule has 0 saturated carbocycles. The van der Waals surface area contributed by atoms with Gasteiger partial charge in [-0.05, 0) is 32.8 Å². The van der Waals surface area contributed by atoms with Crippen LogP contribution >= 0.6 is 0 Å². The van der Waals surface area contributed by atoms with Gasteiger partial charge in [0.15, 0.2) is 0 Å². The molecule has 6 nitrogen and oxygen atoms in total. The number of aliphatic hydroxyl groups is 1. The highest BCUT2D eigenvalue weighted by molar-refractivity contribution is 7.89. The summed E-state index contributed by atoms with van der Waals surface area (Å²) >= 11 is 0. The summed E-state index contributed by atoms with van der Waals surface area (Å²) < 4.78 is 29.9. The van der Waals surface area contributed by atoms with E-state index in [2.05, 4.69) is 5.16 Å². The Morgan fingerprint density at radius 2 is 1.71 bits per heavy atom. The van der Waals surface area contributed by atoms with Gasteiger partial charge in [-0.25, -0.2) is 13.6 Å². The molecular weight excluding hydrogens is 376 g/mol. The van der Waals surface area contributed by atoms with Crippen molar-refractivity contribution < 1.29 is 18.0 Å². The monoisotopic (exact) mass is 400 g/mol. The van der Waals surface area contributed by atoms with E-state index >= 15 is 0 Å². The molecule has 28 heavy (non-hydrogen) atoms. The second kappa shape index (κ2) is 7.87. The van der Waals surface area contributed by atoms with Gasteiger partial charge in [-0.1, -0.05) is 53.7 Å². The minimum atomic E-state index is -3.93. The molecule has 7 heteroatoms. The molecule has 0 radical (unpaired) electrons. The predicted octanol–water partition coefficient (Wildman–Crippen LogP) is 3.75. The Morgan fingerprint density at radius 3 is 2.36 bits per heavy atom. The summed E-state index contributed by atoms with van der Waals surface area (Å²) in [6, 6.07) is 16.0. The lowest BCUT2D eigenvalue weighted by atomic mass is 9.95. The van der Waals surface area contributed by atoms with Crippen LogP contribution in [0.2, 0.25) is 0 Å². The van der Waals surface area contributed by atoms with Crippen molar-refractivity contribution in [3.8, 4) is 22.4 Å². The van der Waals surface area contributed by atoms with Crippen LogP contribution in [0.1, 0.15) is 32.4 Å². The number of aryl methyl sites for hydroxylation is 1. The van der Waals surface area contributed by atoms with Gasteiger partial charge in [-0.15, -0.1) is 0 Å². The summed E-state index contributed by atoms with van der Waals surface area (Å²) in [6.07, 6.45) is 1.75.